The number of alkyl halides is 7. The molecule has 21 heteroatoms. The number of nitro benzene ring substituents is 1. The van der Waals surface area contributed by atoms with E-state index >= 15 is 0 Å². The highest BCUT2D eigenvalue weighted by molar-refractivity contribution is 8.13. The van der Waals surface area contributed by atoms with E-state index in [0.29, 0.717) is 6.42 Å². The number of nitrogens with one attached hydrogen (secondary N) is 3. The lowest BCUT2D eigenvalue weighted by atomic mass is 10.0. The van der Waals surface area contributed by atoms with Crippen molar-refractivity contribution in [3.8, 4) is 0 Å². The molecular weight excluding hydrogens is 624 g/mol. The second kappa shape index (κ2) is 12.5. The summed E-state index contributed by atoms with van der Waals surface area (Å²) in [6, 6.07) is 2.62. The summed E-state index contributed by atoms with van der Waals surface area (Å²) >= 11 is 0.794. The van der Waals surface area contributed by atoms with E-state index in [-0.39, 0.29) is 41.2 Å². The van der Waals surface area contributed by atoms with Crippen LogP contribution in [0.1, 0.15) is 28.8 Å². The molecule has 1 aliphatic heterocycles. The fourth-order valence-corrected chi connectivity index (χ4v) is 4.25. The van der Waals surface area contributed by atoms with Crippen LogP contribution in [-0.4, -0.2) is 69.5 Å². The van der Waals surface area contributed by atoms with Crippen molar-refractivity contribution in [2.24, 2.45) is 5.10 Å². The van der Waals surface area contributed by atoms with E-state index in [9.17, 15) is 54.8 Å². The Kier molecular flexibility index (Phi) is 9.69. The zero-order valence-electron chi connectivity index (χ0n) is 21.8. The minimum absolute atomic E-state index is 0.00935. The maximum absolute atomic E-state index is 14.5. The first-order valence-corrected chi connectivity index (χ1v) is 12.5. The van der Waals surface area contributed by atoms with Gasteiger partial charge in [-0.1, -0.05) is 0 Å². The lowest BCUT2D eigenvalue weighted by molar-refractivity contribution is -0.384. The Morgan fingerprint density at radius 1 is 1.14 bits per heavy atom. The Morgan fingerprint density at radius 2 is 1.81 bits per heavy atom. The third-order valence-electron chi connectivity index (χ3n) is 5.64. The number of carbonyl (C=O) groups excluding carboxylic acids is 2. The van der Waals surface area contributed by atoms with Crippen molar-refractivity contribution >= 4 is 40.2 Å². The van der Waals surface area contributed by atoms with Crippen molar-refractivity contribution in [3.05, 3.63) is 57.5 Å². The normalized spacial score (nSPS) is 13.8. The smallest absolute Gasteiger partial charge is 0.349 e. The second-order valence-electron chi connectivity index (χ2n) is 8.86. The summed E-state index contributed by atoms with van der Waals surface area (Å²) in [6.07, 6.45) is -6.30. The molecule has 0 spiro atoms. The second-order valence-corrected chi connectivity index (χ2v) is 9.87. The maximum Gasteiger partial charge on any atom is 0.460 e. The van der Waals surface area contributed by atoms with Crippen molar-refractivity contribution < 1.29 is 49.6 Å². The molecular formula is C22H20F8N8O4S. The molecule has 12 nitrogen and oxygen atoms in total. The van der Waals surface area contributed by atoms with Gasteiger partial charge >= 0.3 is 18.0 Å². The molecule has 2 aromatic rings. The van der Waals surface area contributed by atoms with Crippen LogP contribution in [0.2, 0.25) is 0 Å². The molecule has 1 aliphatic rings. The quantitative estimate of drug-likeness (QED) is 0.197. The Labute approximate surface area is 240 Å². The molecule has 2 heterocycles. The van der Waals surface area contributed by atoms with Gasteiger partial charge in [-0.25, -0.2) is 14.9 Å². The van der Waals surface area contributed by atoms with Crippen LogP contribution in [0.4, 0.5) is 46.6 Å². The highest BCUT2D eigenvalue weighted by Crippen LogP contribution is 2.51. The van der Waals surface area contributed by atoms with E-state index in [1.165, 1.54) is 9.91 Å². The number of amidine groups is 1. The average molecular weight is 645 g/mol. The van der Waals surface area contributed by atoms with Crippen LogP contribution in [0.5, 0.6) is 0 Å². The molecule has 3 N–H and O–H groups in total. The van der Waals surface area contributed by atoms with Crippen LogP contribution in [0, 0.1) is 15.9 Å². The number of pyridine rings is 1. The molecule has 0 unspecified atom stereocenters. The highest BCUT2D eigenvalue weighted by atomic mass is 32.2. The first kappa shape index (κ1) is 33.2. The monoisotopic (exact) mass is 644 g/mol. The van der Waals surface area contributed by atoms with Gasteiger partial charge < -0.3 is 10.2 Å². The van der Waals surface area contributed by atoms with Crippen LogP contribution >= 0.6 is 11.8 Å². The molecule has 0 aliphatic carbocycles. The lowest BCUT2D eigenvalue weighted by Gasteiger charge is -2.28. The molecule has 0 saturated heterocycles. The van der Waals surface area contributed by atoms with Crippen molar-refractivity contribution in [2.45, 2.75) is 35.8 Å². The number of benzene rings is 1. The van der Waals surface area contributed by atoms with Crippen molar-refractivity contribution in [1.29, 1.82) is 0 Å². The predicted octanol–water partition coefficient (Wildman–Crippen LogP) is 4.23. The van der Waals surface area contributed by atoms with Crippen LogP contribution in [-0.2, 0) is 10.7 Å². The number of hydrazone groups is 1. The average Bonchev–Trinajstić information content (AvgIpc) is 3.35. The van der Waals surface area contributed by atoms with Gasteiger partial charge in [0.1, 0.15) is 0 Å². The number of hydrogen-bond acceptors (Lipinski definition) is 10. The first-order valence-electron chi connectivity index (χ1n) is 11.7. The molecule has 1 aromatic carbocycles. The van der Waals surface area contributed by atoms with Gasteiger partial charge in [0.25, 0.3) is 11.6 Å². The lowest BCUT2D eigenvalue weighted by Crippen LogP contribution is -2.50. The number of hydrazine groups is 2. The number of carbonyl (C=O) groups is 2. The molecule has 0 atom stereocenters. The number of aromatic nitrogens is 1. The van der Waals surface area contributed by atoms with Gasteiger partial charge in [-0.05, 0) is 30.3 Å². The van der Waals surface area contributed by atoms with E-state index in [1.807, 2.05) is 5.32 Å². The number of amides is 2. The molecule has 3 rings (SSSR count). The summed E-state index contributed by atoms with van der Waals surface area (Å²) in [4.78, 5) is 39.7. The molecule has 0 bridgehead atoms. The van der Waals surface area contributed by atoms with Crippen molar-refractivity contribution in [3.63, 3.8) is 0 Å². The Hall–Kier alpha value is -4.27. The number of rotatable bonds is 10. The Morgan fingerprint density at radius 3 is 2.40 bits per heavy atom. The van der Waals surface area contributed by atoms with Gasteiger partial charge in [0.05, 0.1) is 10.5 Å². The number of hydrogen-bond donors (Lipinski definition) is 3. The summed E-state index contributed by atoms with van der Waals surface area (Å²) in [5, 5.41) is 18.7. The van der Waals surface area contributed by atoms with E-state index in [1.54, 1.807) is 14.1 Å². The third-order valence-corrected chi connectivity index (χ3v) is 6.71. The van der Waals surface area contributed by atoms with Gasteiger partial charge in [0.2, 0.25) is 11.1 Å². The number of anilines is 1. The fraction of sp³-hybridized carbons (Fsp3) is 0.364. The van der Waals surface area contributed by atoms with Crippen LogP contribution < -0.4 is 16.4 Å². The molecule has 0 saturated carbocycles. The molecule has 2 amide bonds. The molecule has 0 fully saturated rings. The van der Waals surface area contributed by atoms with Crippen molar-refractivity contribution in [2.75, 3.05) is 26.0 Å². The van der Waals surface area contributed by atoms with Gasteiger partial charge in [0, 0.05) is 55.8 Å². The molecule has 1 aromatic heterocycles. The van der Waals surface area contributed by atoms with E-state index in [4.69, 9.17) is 0 Å². The van der Waals surface area contributed by atoms with Gasteiger partial charge in [-0.3, -0.25) is 24.7 Å². The maximum atomic E-state index is 14.5. The molecule has 43 heavy (non-hydrogen) atoms. The number of thioether (sulfide) groups is 1. The summed E-state index contributed by atoms with van der Waals surface area (Å²) in [5.41, 5.74) is 1.96. The van der Waals surface area contributed by atoms with Crippen LogP contribution in [0.15, 0.2) is 40.5 Å². The zero-order valence-corrected chi connectivity index (χ0v) is 22.6. The third kappa shape index (κ3) is 7.21. The van der Waals surface area contributed by atoms with Gasteiger partial charge in [-0.2, -0.15) is 30.7 Å². The number of nitrogens with zero attached hydrogens (tertiary/aromatic N) is 5. The zero-order chi connectivity index (χ0) is 32.3. The summed E-state index contributed by atoms with van der Waals surface area (Å²) in [6.45, 7) is 0.242. The Balaban J connectivity index is 1.85. The summed E-state index contributed by atoms with van der Waals surface area (Å²) in [7, 11) is 3.17. The molecule has 0 radical (unpaired) electrons. The van der Waals surface area contributed by atoms with Gasteiger partial charge in [-0.15, -0.1) is 10.6 Å². The molecule has 234 valence electrons. The van der Waals surface area contributed by atoms with Crippen LogP contribution in [0.3, 0.4) is 0 Å². The Bertz CT molecular complexity index is 1440. The van der Waals surface area contributed by atoms with E-state index in [2.05, 4.69) is 21.2 Å². The van der Waals surface area contributed by atoms with Crippen molar-refractivity contribution in [1.82, 2.24) is 26.0 Å². The SMILES string of the molecule is CN(C)C(=O)CCCN1NNN=C1Sc1ccc([N+](=O)[O-])cc1C(=O)Nc1ncc(C(F)(F)C(F)(F)C(F)(F)F)cc1F. The number of halogens is 8. The standard InChI is InChI=1S/C22H20F8N8O4S/c1-36(2)16(39)4-3-7-37-19(33-34-35-37)43-15-6-5-12(38(41)42)9-13(15)18(40)32-17-14(23)8-11(10-31-17)20(24,25)21(26,27)22(28,29)30/h5-6,8-10,34-35H,3-4,7H2,1-2H3,(H,31,32,40). The minimum atomic E-state index is -6.68. The van der Waals surface area contributed by atoms with Crippen LogP contribution in [0.25, 0.3) is 0 Å². The summed E-state index contributed by atoms with van der Waals surface area (Å²) < 4.78 is 107. The van der Waals surface area contributed by atoms with E-state index in [0.717, 1.165) is 30.0 Å². The minimum Gasteiger partial charge on any atom is -0.349 e. The largest absolute Gasteiger partial charge is 0.460 e. The fourth-order valence-electron chi connectivity index (χ4n) is 3.31. The number of nitro groups is 1. The first-order chi connectivity index (χ1) is 19.9. The summed E-state index contributed by atoms with van der Waals surface area (Å²) in [5.74, 6) is -16.9. The predicted molar refractivity (Wildman–Crippen MR) is 134 cm³/mol. The number of non-ortho nitro benzene ring substituents is 1. The topological polar surface area (TPSA) is 145 Å². The van der Waals surface area contributed by atoms with Gasteiger partial charge in [0.15, 0.2) is 11.6 Å². The van der Waals surface area contributed by atoms with E-state index < -0.39 is 57.3 Å². The highest BCUT2D eigenvalue weighted by Gasteiger charge is 2.73.